The summed E-state index contributed by atoms with van der Waals surface area (Å²) in [5.74, 6) is -0.896. The van der Waals surface area contributed by atoms with Gasteiger partial charge in [-0.2, -0.15) is 0 Å². The second-order valence-corrected chi connectivity index (χ2v) is 4.34. The highest BCUT2D eigenvalue weighted by atomic mass is 16.5. The first kappa shape index (κ1) is 11.9. The highest BCUT2D eigenvalue weighted by Gasteiger charge is 2.26. The third kappa shape index (κ3) is 2.77. The number of methoxy groups -OCH3 is 1. The molecule has 1 aliphatic carbocycles. The van der Waals surface area contributed by atoms with Crippen molar-refractivity contribution >= 4 is 11.7 Å². The van der Waals surface area contributed by atoms with E-state index in [0.29, 0.717) is 11.6 Å². The Bertz CT molecular complexity index is 388. The van der Waals surface area contributed by atoms with Crippen molar-refractivity contribution in [3.63, 3.8) is 0 Å². The van der Waals surface area contributed by atoms with Crippen molar-refractivity contribution in [1.82, 2.24) is 0 Å². The topological polar surface area (TPSA) is 58.6 Å². The maximum absolute atomic E-state index is 10.7. The van der Waals surface area contributed by atoms with Gasteiger partial charge in [0.1, 0.15) is 0 Å². The molecular weight excluding hydrogens is 218 g/mol. The average molecular weight is 235 g/mol. The fraction of sp³-hybridized carbons (Fsp3) is 0.462. The summed E-state index contributed by atoms with van der Waals surface area (Å²) in [5, 5.41) is 12.2. The minimum Gasteiger partial charge on any atom is -0.478 e. The molecule has 0 heterocycles. The second-order valence-electron chi connectivity index (χ2n) is 4.34. The molecule has 4 heteroatoms. The number of carboxylic acids is 1. The quantitative estimate of drug-likeness (QED) is 0.841. The summed E-state index contributed by atoms with van der Waals surface area (Å²) < 4.78 is 5.40. The van der Waals surface area contributed by atoms with Crippen LogP contribution < -0.4 is 5.32 Å². The van der Waals surface area contributed by atoms with Crippen LogP contribution in [0, 0.1) is 0 Å². The van der Waals surface area contributed by atoms with Gasteiger partial charge in [0.05, 0.1) is 17.7 Å². The number of hydrogen-bond donors (Lipinski definition) is 2. The van der Waals surface area contributed by atoms with Gasteiger partial charge in [-0.05, 0) is 43.5 Å². The van der Waals surface area contributed by atoms with E-state index in [9.17, 15) is 4.79 Å². The van der Waals surface area contributed by atoms with Gasteiger partial charge in [0.2, 0.25) is 0 Å². The van der Waals surface area contributed by atoms with Crippen LogP contribution in [-0.2, 0) is 4.74 Å². The highest BCUT2D eigenvalue weighted by Crippen LogP contribution is 2.25. The minimum atomic E-state index is -0.896. The molecule has 1 fully saturated rings. The summed E-state index contributed by atoms with van der Waals surface area (Å²) >= 11 is 0. The molecule has 1 aliphatic rings. The monoisotopic (exact) mass is 235 g/mol. The Balaban J connectivity index is 2.01. The fourth-order valence-corrected chi connectivity index (χ4v) is 2.30. The van der Waals surface area contributed by atoms with Crippen LogP contribution in [0.1, 0.15) is 29.6 Å². The van der Waals surface area contributed by atoms with E-state index in [1.54, 1.807) is 31.4 Å². The molecule has 2 rings (SSSR count). The van der Waals surface area contributed by atoms with Crippen LogP contribution in [0.5, 0.6) is 0 Å². The SMILES string of the molecule is COC1CCCC1Nc1ccc(C(=O)O)cc1. The number of benzene rings is 1. The molecule has 2 atom stereocenters. The normalized spacial score (nSPS) is 23.6. The smallest absolute Gasteiger partial charge is 0.335 e. The maximum Gasteiger partial charge on any atom is 0.335 e. The Hall–Kier alpha value is -1.55. The molecule has 4 nitrogen and oxygen atoms in total. The standard InChI is InChI=1S/C13H17NO3/c1-17-12-4-2-3-11(12)14-10-7-5-9(6-8-10)13(15)16/h5-8,11-12,14H,2-4H2,1H3,(H,15,16). The summed E-state index contributed by atoms with van der Waals surface area (Å²) in [6, 6.07) is 7.15. The summed E-state index contributed by atoms with van der Waals surface area (Å²) in [6.07, 6.45) is 3.61. The first-order chi connectivity index (χ1) is 8.20. The molecule has 2 unspecified atom stereocenters. The van der Waals surface area contributed by atoms with Crippen LogP contribution in [0.4, 0.5) is 5.69 Å². The molecule has 1 aromatic carbocycles. The summed E-state index contributed by atoms with van der Waals surface area (Å²) in [7, 11) is 1.73. The van der Waals surface area contributed by atoms with Crippen LogP contribution in [0.15, 0.2) is 24.3 Å². The summed E-state index contributed by atoms with van der Waals surface area (Å²) in [5.41, 5.74) is 1.26. The summed E-state index contributed by atoms with van der Waals surface area (Å²) in [4.78, 5) is 10.7. The third-order valence-electron chi connectivity index (χ3n) is 3.24. The number of hydrogen-bond acceptors (Lipinski definition) is 3. The zero-order chi connectivity index (χ0) is 12.3. The van der Waals surface area contributed by atoms with E-state index in [0.717, 1.165) is 18.5 Å². The van der Waals surface area contributed by atoms with Crippen molar-refractivity contribution in [2.45, 2.75) is 31.4 Å². The van der Waals surface area contributed by atoms with Crippen LogP contribution in [-0.4, -0.2) is 30.3 Å². The predicted octanol–water partition coefficient (Wildman–Crippen LogP) is 2.36. The zero-order valence-corrected chi connectivity index (χ0v) is 9.85. The van der Waals surface area contributed by atoms with Crippen molar-refractivity contribution in [3.05, 3.63) is 29.8 Å². The Labute approximate surface area is 101 Å². The molecule has 2 N–H and O–H groups in total. The van der Waals surface area contributed by atoms with E-state index in [-0.39, 0.29) is 6.10 Å². The van der Waals surface area contributed by atoms with E-state index in [4.69, 9.17) is 9.84 Å². The van der Waals surface area contributed by atoms with Gasteiger partial charge >= 0.3 is 5.97 Å². The molecule has 1 saturated carbocycles. The molecule has 0 spiro atoms. The second kappa shape index (κ2) is 5.19. The van der Waals surface area contributed by atoms with Gasteiger partial charge in [-0.25, -0.2) is 4.79 Å². The number of rotatable bonds is 4. The maximum atomic E-state index is 10.7. The van der Waals surface area contributed by atoms with Gasteiger partial charge in [-0.15, -0.1) is 0 Å². The van der Waals surface area contributed by atoms with Gasteiger partial charge in [-0.1, -0.05) is 0 Å². The van der Waals surface area contributed by atoms with Crippen molar-refractivity contribution in [3.8, 4) is 0 Å². The largest absolute Gasteiger partial charge is 0.478 e. The molecule has 0 amide bonds. The lowest BCUT2D eigenvalue weighted by atomic mass is 10.1. The number of nitrogens with one attached hydrogen (secondary N) is 1. The van der Waals surface area contributed by atoms with Gasteiger partial charge in [0.25, 0.3) is 0 Å². The molecule has 0 radical (unpaired) electrons. The Morgan fingerprint density at radius 2 is 2.06 bits per heavy atom. The van der Waals surface area contributed by atoms with Crippen molar-refractivity contribution in [2.24, 2.45) is 0 Å². The van der Waals surface area contributed by atoms with Crippen LogP contribution >= 0.6 is 0 Å². The molecule has 0 saturated heterocycles. The molecule has 0 aliphatic heterocycles. The predicted molar refractivity (Wildman–Crippen MR) is 65.5 cm³/mol. The Morgan fingerprint density at radius 1 is 1.35 bits per heavy atom. The van der Waals surface area contributed by atoms with E-state index in [1.165, 1.54) is 6.42 Å². The van der Waals surface area contributed by atoms with Crippen LogP contribution in [0.3, 0.4) is 0 Å². The lowest BCUT2D eigenvalue weighted by Gasteiger charge is -2.20. The van der Waals surface area contributed by atoms with Gasteiger partial charge in [0, 0.05) is 12.8 Å². The van der Waals surface area contributed by atoms with E-state index < -0.39 is 5.97 Å². The van der Waals surface area contributed by atoms with E-state index in [1.807, 2.05) is 0 Å². The van der Waals surface area contributed by atoms with Crippen molar-refractivity contribution in [1.29, 1.82) is 0 Å². The number of carbonyl (C=O) groups is 1. The van der Waals surface area contributed by atoms with Crippen molar-refractivity contribution < 1.29 is 14.6 Å². The van der Waals surface area contributed by atoms with Gasteiger partial charge in [0.15, 0.2) is 0 Å². The average Bonchev–Trinajstić information content (AvgIpc) is 2.77. The fourth-order valence-electron chi connectivity index (χ4n) is 2.30. The minimum absolute atomic E-state index is 0.258. The summed E-state index contributed by atoms with van der Waals surface area (Å²) in [6.45, 7) is 0. The Kier molecular flexibility index (Phi) is 3.64. The molecule has 17 heavy (non-hydrogen) atoms. The van der Waals surface area contributed by atoms with Crippen molar-refractivity contribution in [2.75, 3.05) is 12.4 Å². The van der Waals surface area contributed by atoms with E-state index in [2.05, 4.69) is 5.32 Å². The lowest BCUT2D eigenvalue weighted by molar-refractivity contribution is 0.0697. The number of aromatic carboxylic acids is 1. The first-order valence-corrected chi connectivity index (χ1v) is 5.83. The first-order valence-electron chi connectivity index (χ1n) is 5.83. The van der Waals surface area contributed by atoms with Crippen LogP contribution in [0.25, 0.3) is 0 Å². The lowest BCUT2D eigenvalue weighted by Crippen LogP contribution is -2.29. The third-order valence-corrected chi connectivity index (χ3v) is 3.24. The van der Waals surface area contributed by atoms with Gasteiger partial charge < -0.3 is 15.2 Å². The molecule has 1 aromatic rings. The van der Waals surface area contributed by atoms with E-state index >= 15 is 0 Å². The highest BCUT2D eigenvalue weighted by molar-refractivity contribution is 5.88. The molecule has 0 aromatic heterocycles. The molecule has 92 valence electrons. The molecular formula is C13H17NO3. The number of carboxylic acid groups (broad SMARTS) is 1. The zero-order valence-electron chi connectivity index (χ0n) is 9.85. The Morgan fingerprint density at radius 3 is 2.65 bits per heavy atom. The number of anilines is 1. The number of ether oxygens (including phenoxy) is 1. The van der Waals surface area contributed by atoms with Crippen LogP contribution in [0.2, 0.25) is 0 Å². The molecule has 0 bridgehead atoms. The van der Waals surface area contributed by atoms with Gasteiger partial charge in [-0.3, -0.25) is 0 Å².